The van der Waals surface area contributed by atoms with Gasteiger partial charge in [0, 0.05) is 20.1 Å². The molecule has 1 fully saturated rings. The van der Waals surface area contributed by atoms with Crippen molar-refractivity contribution in [3.8, 4) is 6.07 Å². The van der Waals surface area contributed by atoms with E-state index in [0.29, 0.717) is 0 Å². The number of hydrogen-bond acceptors (Lipinski definition) is 3. The molecule has 0 bridgehead atoms. The molecule has 1 aliphatic carbocycles. The van der Waals surface area contributed by atoms with Crippen molar-refractivity contribution in [2.75, 3.05) is 25.5 Å². The maximum atomic E-state index is 9.21. The second-order valence-electron chi connectivity index (χ2n) is 4.82. The maximum Gasteiger partial charge on any atom is 0.101 e. The van der Waals surface area contributed by atoms with E-state index in [1.807, 2.05) is 13.1 Å². The Balaban J connectivity index is 2.17. The molecule has 0 amide bonds. The molecule has 3 nitrogen and oxygen atoms in total. The molecule has 17 heavy (non-hydrogen) atoms. The summed E-state index contributed by atoms with van der Waals surface area (Å²) in [7, 11) is 3.99. The quantitative estimate of drug-likeness (QED) is 0.840. The summed E-state index contributed by atoms with van der Waals surface area (Å²) in [6, 6.07) is 8.44. The van der Waals surface area contributed by atoms with Crippen molar-refractivity contribution in [3.63, 3.8) is 0 Å². The Morgan fingerprint density at radius 1 is 1.47 bits per heavy atom. The summed E-state index contributed by atoms with van der Waals surface area (Å²) in [5.41, 5.74) is 2.99. The monoisotopic (exact) mass is 229 g/mol. The summed E-state index contributed by atoms with van der Waals surface area (Å²) in [6.07, 6.45) is 2.67. The summed E-state index contributed by atoms with van der Waals surface area (Å²) in [4.78, 5) is 2.21. The highest BCUT2D eigenvalue weighted by atomic mass is 15.1. The number of nitrogens with one attached hydrogen (secondary N) is 1. The molecule has 0 unspecified atom stereocenters. The standard InChI is InChI=1S/C14H19N3/c1-16-9-12-5-6-14(13(7-12)8-15)17(2)10-11-3-4-11/h5-7,11,16H,3-4,9-10H2,1-2H3. The first kappa shape index (κ1) is 11.9. The normalized spacial score (nSPS) is 14.4. The van der Waals surface area contributed by atoms with E-state index in [4.69, 9.17) is 0 Å². The van der Waals surface area contributed by atoms with E-state index in [1.54, 1.807) is 0 Å². The highest BCUT2D eigenvalue weighted by Gasteiger charge is 2.23. The zero-order chi connectivity index (χ0) is 12.3. The first-order valence-corrected chi connectivity index (χ1v) is 6.13. The summed E-state index contributed by atoms with van der Waals surface area (Å²) in [5.74, 6) is 0.837. The molecule has 1 N–H and O–H groups in total. The van der Waals surface area contributed by atoms with E-state index in [-0.39, 0.29) is 0 Å². The number of anilines is 1. The molecule has 0 saturated heterocycles. The average molecular weight is 229 g/mol. The van der Waals surface area contributed by atoms with Gasteiger partial charge in [0.15, 0.2) is 0 Å². The van der Waals surface area contributed by atoms with Gasteiger partial charge < -0.3 is 10.2 Å². The van der Waals surface area contributed by atoms with Crippen LogP contribution in [0.3, 0.4) is 0 Å². The van der Waals surface area contributed by atoms with Gasteiger partial charge in [-0.05, 0) is 43.5 Å². The number of nitriles is 1. The van der Waals surface area contributed by atoms with Gasteiger partial charge in [0.25, 0.3) is 0 Å². The van der Waals surface area contributed by atoms with E-state index in [1.165, 1.54) is 12.8 Å². The molecular weight excluding hydrogens is 210 g/mol. The SMILES string of the molecule is CNCc1ccc(N(C)CC2CC2)c(C#N)c1. The molecule has 90 valence electrons. The fourth-order valence-corrected chi connectivity index (χ4v) is 2.11. The fourth-order valence-electron chi connectivity index (χ4n) is 2.11. The number of benzene rings is 1. The van der Waals surface area contributed by atoms with Gasteiger partial charge in [-0.25, -0.2) is 0 Å². The van der Waals surface area contributed by atoms with Gasteiger partial charge in [-0.1, -0.05) is 6.07 Å². The molecule has 3 heteroatoms. The lowest BCUT2D eigenvalue weighted by Crippen LogP contribution is -2.21. The second kappa shape index (κ2) is 5.20. The summed E-state index contributed by atoms with van der Waals surface area (Å²) in [5, 5.41) is 12.3. The Morgan fingerprint density at radius 2 is 2.24 bits per heavy atom. The third-order valence-electron chi connectivity index (χ3n) is 3.20. The summed E-state index contributed by atoms with van der Waals surface area (Å²) >= 11 is 0. The van der Waals surface area contributed by atoms with Gasteiger partial charge in [-0.15, -0.1) is 0 Å². The van der Waals surface area contributed by atoms with E-state index in [9.17, 15) is 5.26 Å². The average Bonchev–Trinajstić information content (AvgIpc) is 3.13. The van der Waals surface area contributed by atoms with E-state index in [2.05, 4.69) is 35.5 Å². The van der Waals surface area contributed by atoms with Crippen LogP contribution in [-0.4, -0.2) is 20.6 Å². The van der Waals surface area contributed by atoms with Gasteiger partial charge in [0.05, 0.1) is 11.3 Å². The van der Waals surface area contributed by atoms with E-state index < -0.39 is 0 Å². The van der Waals surface area contributed by atoms with Crippen LogP contribution in [0.25, 0.3) is 0 Å². The zero-order valence-corrected chi connectivity index (χ0v) is 10.5. The number of hydrogen-bond donors (Lipinski definition) is 1. The lowest BCUT2D eigenvalue weighted by Gasteiger charge is -2.20. The Kier molecular flexibility index (Phi) is 3.65. The zero-order valence-electron chi connectivity index (χ0n) is 10.5. The first-order valence-electron chi connectivity index (χ1n) is 6.13. The fraction of sp³-hybridized carbons (Fsp3) is 0.500. The van der Waals surface area contributed by atoms with Gasteiger partial charge in [0.2, 0.25) is 0 Å². The third-order valence-corrected chi connectivity index (χ3v) is 3.20. The minimum atomic E-state index is 0.779. The maximum absolute atomic E-state index is 9.21. The third kappa shape index (κ3) is 2.98. The highest BCUT2D eigenvalue weighted by Crippen LogP contribution is 2.31. The van der Waals surface area contributed by atoms with Crippen molar-refractivity contribution in [1.29, 1.82) is 5.26 Å². The molecule has 0 aromatic heterocycles. The number of nitrogens with zero attached hydrogens (tertiary/aromatic N) is 2. The van der Waals surface area contributed by atoms with E-state index in [0.717, 1.165) is 35.8 Å². The van der Waals surface area contributed by atoms with Crippen molar-refractivity contribution in [2.45, 2.75) is 19.4 Å². The van der Waals surface area contributed by atoms with Crippen LogP contribution in [0.1, 0.15) is 24.0 Å². The predicted octanol–water partition coefficient (Wildman–Crippen LogP) is 2.12. The van der Waals surface area contributed by atoms with Gasteiger partial charge in [-0.2, -0.15) is 5.26 Å². The molecule has 0 heterocycles. The van der Waals surface area contributed by atoms with Gasteiger partial charge in [-0.3, -0.25) is 0 Å². The molecule has 0 aliphatic heterocycles. The van der Waals surface area contributed by atoms with Crippen molar-refractivity contribution in [3.05, 3.63) is 29.3 Å². The molecule has 1 saturated carbocycles. The van der Waals surface area contributed by atoms with Gasteiger partial charge in [0.1, 0.15) is 6.07 Å². The van der Waals surface area contributed by atoms with Crippen molar-refractivity contribution >= 4 is 5.69 Å². The van der Waals surface area contributed by atoms with Crippen LogP contribution in [0, 0.1) is 17.2 Å². The lowest BCUT2D eigenvalue weighted by molar-refractivity contribution is 0.784. The lowest BCUT2D eigenvalue weighted by atomic mass is 10.1. The van der Waals surface area contributed by atoms with Crippen LogP contribution < -0.4 is 10.2 Å². The molecule has 0 spiro atoms. The first-order chi connectivity index (χ1) is 8.24. The summed E-state index contributed by atoms with van der Waals surface area (Å²) < 4.78 is 0. The topological polar surface area (TPSA) is 39.1 Å². The molecule has 0 radical (unpaired) electrons. The van der Waals surface area contributed by atoms with Crippen molar-refractivity contribution < 1.29 is 0 Å². The molecular formula is C14H19N3. The van der Waals surface area contributed by atoms with Gasteiger partial charge >= 0.3 is 0 Å². The van der Waals surface area contributed by atoms with Crippen LogP contribution in [0.15, 0.2) is 18.2 Å². The number of rotatable bonds is 5. The smallest absolute Gasteiger partial charge is 0.101 e. The highest BCUT2D eigenvalue weighted by molar-refractivity contribution is 5.60. The minimum absolute atomic E-state index is 0.779. The van der Waals surface area contributed by atoms with Crippen molar-refractivity contribution in [1.82, 2.24) is 5.32 Å². The van der Waals surface area contributed by atoms with Crippen LogP contribution >= 0.6 is 0 Å². The molecule has 1 aliphatic rings. The Labute approximate surface area is 103 Å². The Morgan fingerprint density at radius 3 is 2.82 bits per heavy atom. The van der Waals surface area contributed by atoms with E-state index >= 15 is 0 Å². The second-order valence-corrected chi connectivity index (χ2v) is 4.82. The van der Waals surface area contributed by atoms with Crippen LogP contribution in [0.5, 0.6) is 0 Å². The largest absolute Gasteiger partial charge is 0.373 e. The predicted molar refractivity (Wildman–Crippen MR) is 69.9 cm³/mol. The minimum Gasteiger partial charge on any atom is -0.373 e. The van der Waals surface area contributed by atoms with Crippen molar-refractivity contribution in [2.24, 2.45) is 5.92 Å². The Hall–Kier alpha value is -1.53. The summed E-state index contributed by atoms with van der Waals surface area (Å²) in [6.45, 7) is 1.88. The molecule has 2 rings (SSSR count). The molecule has 0 atom stereocenters. The molecule has 1 aromatic rings. The van der Waals surface area contributed by atoms with Crippen LogP contribution in [0.2, 0.25) is 0 Å². The Bertz CT molecular complexity index is 430. The van der Waals surface area contributed by atoms with Crippen LogP contribution in [-0.2, 0) is 6.54 Å². The van der Waals surface area contributed by atoms with Crippen LogP contribution in [0.4, 0.5) is 5.69 Å². The molecule has 1 aromatic carbocycles.